The number of piperidine rings is 1. The minimum atomic E-state index is -0.288. The molecule has 5 rings (SSSR count). The van der Waals surface area contributed by atoms with E-state index in [1.807, 2.05) is 22.8 Å². The van der Waals surface area contributed by atoms with E-state index in [9.17, 15) is 9.59 Å². The molecule has 0 amide bonds. The quantitative estimate of drug-likeness (QED) is 0.645. The standard InChI is InChI=1S/C23H30N6O2/c1-17-15-28(18-9-5-3-6-10-18)22-24-20-19(29(22)16-17)21(30)27(23(31)25(20)2)14-13-26-11-7-4-8-12-26/h3,5-6,9-10,17H,4,7-8,11-16H2,1-2H3/t17-/m0/s1. The number of anilines is 2. The fraction of sp³-hybridized carbons (Fsp3) is 0.522. The Morgan fingerprint density at radius 1 is 1.00 bits per heavy atom. The first kappa shape index (κ1) is 20.1. The monoisotopic (exact) mass is 422 g/mol. The molecule has 4 heterocycles. The van der Waals surface area contributed by atoms with E-state index in [2.05, 4.69) is 28.9 Å². The smallest absolute Gasteiger partial charge is 0.312 e. The summed E-state index contributed by atoms with van der Waals surface area (Å²) in [5.74, 6) is 1.09. The number of nitrogens with zero attached hydrogens (tertiary/aromatic N) is 6. The van der Waals surface area contributed by atoms with Crippen LogP contribution < -0.4 is 16.1 Å². The number of para-hydroxylation sites is 1. The lowest BCUT2D eigenvalue weighted by Gasteiger charge is -2.32. The van der Waals surface area contributed by atoms with Gasteiger partial charge >= 0.3 is 5.69 Å². The van der Waals surface area contributed by atoms with Crippen molar-refractivity contribution in [3.8, 4) is 0 Å². The molecule has 0 radical (unpaired) electrons. The second-order valence-corrected chi connectivity index (χ2v) is 8.95. The van der Waals surface area contributed by atoms with Crippen molar-refractivity contribution in [1.82, 2.24) is 23.6 Å². The lowest BCUT2D eigenvalue weighted by molar-refractivity contribution is 0.218. The highest BCUT2D eigenvalue weighted by molar-refractivity contribution is 5.77. The minimum absolute atomic E-state index is 0.226. The number of likely N-dealkylation sites (tertiary alicyclic amines) is 1. The number of aryl methyl sites for hydroxylation is 1. The third kappa shape index (κ3) is 3.48. The number of rotatable bonds is 4. The third-order valence-corrected chi connectivity index (χ3v) is 6.60. The predicted molar refractivity (Wildman–Crippen MR) is 122 cm³/mol. The van der Waals surface area contributed by atoms with Crippen molar-refractivity contribution in [2.75, 3.05) is 31.1 Å². The average Bonchev–Trinajstić information content (AvgIpc) is 3.18. The van der Waals surface area contributed by atoms with Crippen molar-refractivity contribution in [2.45, 2.75) is 39.3 Å². The summed E-state index contributed by atoms with van der Waals surface area (Å²) < 4.78 is 4.94. The first-order valence-corrected chi connectivity index (χ1v) is 11.3. The molecule has 0 N–H and O–H groups in total. The summed E-state index contributed by atoms with van der Waals surface area (Å²) in [5.41, 5.74) is 1.53. The Morgan fingerprint density at radius 3 is 2.48 bits per heavy atom. The number of aromatic nitrogens is 4. The lowest BCUT2D eigenvalue weighted by Crippen LogP contribution is -2.43. The fourth-order valence-electron chi connectivity index (χ4n) is 4.95. The summed E-state index contributed by atoms with van der Waals surface area (Å²) in [6, 6.07) is 10.1. The van der Waals surface area contributed by atoms with E-state index in [4.69, 9.17) is 4.98 Å². The van der Waals surface area contributed by atoms with Crippen LogP contribution >= 0.6 is 0 Å². The van der Waals surface area contributed by atoms with Gasteiger partial charge in [0.2, 0.25) is 5.95 Å². The van der Waals surface area contributed by atoms with Crippen LogP contribution in [0.2, 0.25) is 0 Å². The number of hydrogen-bond acceptors (Lipinski definition) is 5. The third-order valence-electron chi connectivity index (χ3n) is 6.60. The minimum Gasteiger partial charge on any atom is -0.312 e. The van der Waals surface area contributed by atoms with Crippen molar-refractivity contribution in [2.24, 2.45) is 13.0 Å². The van der Waals surface area contributed by atoms with Crippen LogP contribution in [0, 0.1) is 5.92 Å². The molecule has 8 nitrogen and oxygen atoms in total. The van der Waals surface area contributed by atoms with E-state index in [0.717, 1.165) is 37.8 Å². The largest absolute Gasteiger partial charge is 0.332 e. The Kier molecular flexibility index (Phi) is 5.17. The van der Waals surface area contributed by atoms with Crippen LogP contribution in [0.5, 0.6) is 0 Å². The number of imidazole rings is 1. The molecule has 2 aliphatic rings. The maximum absolute atomic E-state index is 13.5. The van der Waals surface area contributed by atoms with Crippen molar-refractivity contribution >= 4 is 22.8 Å². The number of benzene rings is 1. The average molecular weight is 423 g/mol. The van der Waals surface area contributed by atoms with Gasteiger partial charge in [0.15, 0.2) is 11.2 Å². The lowest BCUT2D eigenvalue weighted by atomic mass is 10.1. The predicted octanol–water partition coefficient (Wildman–Crippen LogP) is 2.17. The normalized spacial score (nSPS) is 19.7. The molecule has 3 aromatic rings. The van der Waals surface area contributed by atoms with Gasteiger partial charge in [-0.1, -0.05) is 31.5 Å². The molecule has 2 aliphatic heterocycles. The summed E-state index contributed by atoms with van der Waals surface area (Å²) in [7, 11) is 1.72. The zero-order valence-electron chi connectivity index (χ0n) is 18.3. The molecule has 0 aliphatic carbocycles. The van der Waals surface area contributed by atoms with Crippen LogP contribution in [0.3, 0.4) is 0 Å². The first-order valence-electron chi connectivity index (χ1n) is 11.3. The molecule has 31 heavy (non-hydrogen) atoms. The van der Waals surface area contributed by atoms with Gasteiger partial charge in [0.1, 0.15) is 0 Å². The van der Waals surface area contributed by atoms with Gasteiger partial charge in [-0.15, -0.1) is 0 Å². The summed E-state index contributed by atoms with van der Waals surface area (Å²) in [6.45, 7) is 6.96. The maximum Gasteiger partial charge on any atom is 0.332 e. The van der Waals surface area contributed by atoms with E-state index in [1.165, 1.54) is 28.4 Å². The summed E-state index contributed by atoms with van der Waals surface area (Å²) in [5, 5.41) is 0. The zero-order chi connectivity index (χ0) is 21.5. The van der Waals surface area contributed by atoms with E-state index >= 15 is 0 Å². The molecule has 1 aromatic carbocycles. The Bertz CT molecular complexity index is 1200. The molecular weight excluding hydrogens is 392 g/mol. The van der Waals surface area contributed by atoms with Crippen molar-refractivity contribution in [1.29, 1.82) is 0 Å². The summed E-state index contributed by atoms with van der Waals surface area (Å²) >= 11 is 0. The molecule has 0 spiro atoms. The first-order chi connectivity index (χ1) is 15.0. The van der Waals surface area contributed by atoms with Crippen LogP contribution in [-0.4, -0.2) is 49.8 Å². The van der Waals surface area contributed by atoms with Gasteiger partial charge in [0, 0.05) is 38.9 Å². The van der Waals surface area contributed by atoms with Crippen LogP contribution in [0.25, 0.3) is 11.2 Å². The van der Waals surface area contributed by atoms with Crippen LogP contribution in [-0.2, 0) is 20.1 Å². The van der Waals surface area contributed by atoms with E-state index in [-0.39, 0.29) is 11.2 Å². The zero-order valence-corrected chi connectivity index (χ0v) is 18.3. The molecule has 1 atom stereocenters. The maximum atomic E-state index is 13.5. The van der Waals surface area contributed by atoms with E-state index in [1.54, 1.807) is 7.05 Å². The summed E-state index contributed by atoms with van der Waals surface area (Å²) in [4.78, 5) is 35.8. The summed E-state index contributed by atoms with van der Waals surface area (Å²) in [6.07, 6.45) is 3.65. The van der Waals surface area contributed by atoms with E-state index in [0.29, 0.717) is 30.2 Å². The fourth-order valence-corrected chi connectivity index (χ4v) is 4.95. The van der Waals surface area contributed by atoms with Gasteiger partial charge in [-0.25, -0.2) is 4.79 Å². The Balaban J connectivity index is 1.61. The molecule has 2 aromatic heterocycles. The second kappa shape index (κ2) is 8.00. The molecule has 0 saturated carbocycles. The molecule has 1 saturated heterocycles. The van der Waals surface area contributed by atoms with Crippen molar-refractivity contribution in [3.05, 3.63) is 51.2 Å². The van der Waals surface area contributed by atoms with Crippen LogP contribution in [0.4, 0.5) is 11.6 Å². The van der Waals surface area contributed by atoms with Gasteiger partial charge in [-0.3, -0.25) is 13.9 Å². The van der Waals surface area contributed by atoms with E-state index < -0.39 is 0 Å². The highest BCUT2D eigenvalue weighted by atomic mass is 16.2. The highest BCUT2D eigenvalue weighted by Gasteiger charge is 2.29. The van der Waals surface area contributed by atoms with Gasteiger partial charge in [0.25, 0.3) is 5.56 Å². The van der Waals surface area contributed by atoms with Gasteiger partial charge < -0.3 is 14.4 Å². The highest BCUT2D eigenvalue weighted by Crippen LogP contribution is 2.32. The van der Waals surface area contributed by atoms with Crippen LogP contribution in [0.15, 0.2) is 39.9 Å². The molecule has 164 valence electrons. The van der Waals surface area contributed by atoms with Gasteiger partial charge in [-0.2, -0.15) is 4.98 Å². The SMILES string of the molecule is C[C@H]1CN(c2ccccc2)c2nc3c(c(=O)n(CCN4CCCCC4)c(=O)n3C)n2C1. The van der Waals surface area contributed by atoms with Gasteiger partial charge in [0.05, 0.1) is 0 Å². The van der Waals surface area contributed by atoms with Crippen molar-refractivity contribution in [3.63, 3.8) is 0 Å². The molecule has 0 bridgehead atoms. The number of hydrogen-bond donors (Lipinski definition) is 0. The molecule has 1 fully saturated rings. The molecular formula is C23H30N6O2. The Morgan fingerprint density at radius 2 is 1.74 bits per heavy atom. The van der Waals surface area contributed by atoms with Crippen LogP contribution in [0.1, 0.15) is 26.2 Å². The number of fused-ring (bicyclic) bond motifs is 3. The Labute approximate surface area is 181 Å². The van der Waals surface area contributed by atoms with Crippen molar-refractivity contribution < 1.29 is 0 Å². The molecule has 8 heteroatoms. The van der Waals surface area contributed by atoms with Gasteiger partial charge in [-0.05, 0) is 44.0 Å². The topological polar surface area (TPSA) is 68.3 Å². The second-order valence-electron chi connectivity index (χ2n) is 8.95. The molecule has 0 unspecified atom stereocenters. The Hall–Kier alpha value is -2.87.